The normalized spacial score (nSPS) is 21.6. The number of halogens is 2. The van der Waals surface area contributed by atoms with Crippen LogP contribution in [0.15, 0.2) is 65.6 Å². The number of aliphatic hydroxyl groups is 1. The molecule has 0 saturated carbocycles. The van der Waals surface area contributed by atoms with Crippen molar-refractivity contribution in [2.75, 3.05) is 18.7 Å². The van der Waals surface area contributed by atoms with Crippen molar-refractivity contribution in [3.63, 3.8) is 0 Å². The van der Waals surface area contributed by atoms with Gasteiger partial charge in [0.25, 0.3) is 5.91 Å². The molecule has 5 rings (SSSR count). The molecule has 252 valence electrons. The Hall–Kier alpha value is -4.41. The zero-order valence-electron chi connectivity index (χ0n) is 25.2. The number of nitrogens with zero attached hydrogens (tertiary/aromatic N) is 2. The third kappa shape index (κ3) is 7.77. The van der Waals surface area contributed by atoms with Crippen LogP contribution in [0.4, 0.5) is 14.6 Å². The van der Waals surface area contributed by atoms with Gasteiger partial charge in [-0.2, -0.15) is 18.9 Å². The molecule has 3 aromatic rings. The molecule has 1 aromatic heterocycles. The zero-order chi connectivity index (χ0) is 33.9. The van der Waals surface area contributed by atoms with E-state index >= 15 is 8.78 Å². The number of anilines is 1. The number of hydrogen-bond acceptors (Lipinski definition) is 12. The number of nitrogens with one attached hydrogen (secondary N) is 2. The summed E-state index contributed by atoms with van der Waals surface area (Å²) < 4.78 is 76.4. The fourth-order valence-corrected chi connectivity index (χ4v) is 6.00. The first-order valence-electron chi connectivity index (χ1n) is 14.2. The number of para-hydroxylation sites is 1. The molecule has 0 spiro atoms. The van der Waals surface area contributed by atoms with E-state index in [1.807, 2.05) is 0 Å². The summed E-state index contributed by atoms with van der Waals surface area (Å²) in [5.41, 5.74) is -1.07. The second kappa shape index (κ2) is 13.8. The summed E-state index contributed by atoms with van der Waals surface area (Å²) in [7, 11) is -4.49. The van der Waals surface area contributed by atoms with Gasteiger partial charge in [-0.3, -0.25) is 18.7 Å². The number of aromatic nitrogens is 2. The number of ether oxygens (including phenoxy) is 4. The third-order valence-electron chi connectivity index (χ3n) is 6.77. The molecule has 3 N–H and O–H groups in total. The van der Waals surface area contributed by atoms with Gasteiger partial charge in [0, 0.05) is 11.8 Å². The topological polar surface area (TPSA) is 186 Å². The molecule has 5 atom stereocenters. The summed E-state index contributed by atoms with van der Waals surface area (Å²) in [6, 6.07) is 12.0. The van der Waals surface area contributed by atoms with Crippen molar-refractivity contribution in [3.8, 4) is 17.2 Å². The molecular weight excluding hydrogens is 649 g/mol. The number of fused-ring (bicyclic) bond motifs is 1. The second-order valence-corrected chi connectivity index (χ2v) is 12.4. The molecule has 1 fully saturated rings. The number of benzene rings is 2. The molecular formula is C29H31F2N4O11P. The van der Waals surface area contributed by atoms with Crippen molar-refractivity contribution in [2.24, 2.45) is 0 Å². The molecule has 2 aliphatic heterocycles. The van der Waals surface area contributed by atoms with Crippen LogP contribution in [0.2, 0.25) is 0 Å². The Balaban J connectivity index is 1.28. The highest BCUT2D eigenvalue weighted by Crippen LogP contribution is 2.48. The molecule has 3 heterocycles. The van der Waals surface area contributed by atoms with Gasteiger partial charge < -0.3 is 33.9 Å². The smallest absolute Gasteiger partial charge is 0.459 e. The van der Waals surface area contributed by atoms with E-state index in [1.54, 1.807) is 32.0 Å². The lowest BCUT2D eigenvalue weighted by Crippen LogP contribution is -2.42. The Labute approximate surface area is 266 Å². The van der Waals surface area contributed by atoms with Gasteiger partial charge in [0.1, 0.15) is 23.7 Å². The highest BCUT2D eigenvalue weighted by atomic mass is 31.2. The minimum atomic E-state index is -4.49. The van der Waals surface area contributed by atoms with Crippen LogP contribution in [0.1, 0.15) is 37.4 Å². The third-order valence-corrected chi connectivity index (χ3v) is 8.42. The molecule has 0 aliphatic carbocycles. The van der Waals surface area contributed by atoms with E-state index in [0.29, 0.717) is 16.1 Å². The number of carbonyl (C=O) groups is 2. The Morgan fingerprint density at radius 2 is 1.85 bits per heavy atom. The monoisotopic (exact) mass is 680 g/mol. The van der Waals surface area contributed by atoms with E-state index in [9.17, 15) is 24.1 Å². The lowest BCUT2D eigenvalue weighted by Gasteiger charge is -2.25. The molecule has 47 heavy (non-hydrogen) atoms. The van der Waals surface area contributed by atoms with Gasteiger partial charge in [-0.05, 0) is 57.2 Å². The summed E-state index contributed by atoms with van der Waals surface area (Å²) in [4.78, 5) is 41.5. The first kappa shape index (κ1) is 33.9. The summed E-state index contributed by atoms with van der Waals surface area (Å²) in [6.45, 7) is 3.65. The van der Waals surface area contributed by atoms with Crippen LogP contribution in [0, 0.1) is 0 Å². The van der Waals surface area contributed by atoms with E-state index in [1.165, 1.54) is 37.3 Å². The maximum absolute atomic E-state index is 15.3. The van der Waals surface area contributed by atoms with E-state index in [2.05, 4.69) is 15.4 Å². The van der Waals surface area contributed by atoms with Crippen molar-refractivity contribution >= 4 is 25.4 Å². The van der Waals surface area contributed by atoms with Crippen LogP contribution in [0.25, 0.3) is 0 Å². The number of rotatable bonds is 12. The van der Waals surface area contributed by atoms with Crippen LogP contribution in [0.3, 0.4) is 0 Å². The fraction of sp³-hybridized carbons (Fsp3) is 0.379. The van der Waals surface area contributed by atoms with E-state index in [-0.39, 0.29) is 23.9 Å². The van der Waals surface area contributed by atoms with Gasteiger partial charge in [0.05, 0.1) is 12.7 Å². The minimum Gasteiger partial charge on any atom is -0.462 e. The van der Waals surface area contributed by atoms with E-state index in [4.69, 9.17) is 28.0 Å². The number of carbonyl (C=O) groups excluding carboxylic acids is 2. The largest absolute Gasteiger partial charge is 0.462 e. The molecule has 1 saturated heterocycles. The molecule has 0 unspecified atom stereocenters. The van der Waals surface area contributed by atoms with Gasteiger partial charge in [0.2, 0.25) is 13.0 Å². The predicted octanol–water partition coefficient (Wildman–Crippen LogP) is 3.25. The van der Waals surface area contributed by atoms with Crippen molar-refractivity contribution in [1.29, 1.82) is 0 Å². The molecule has 15 nitrogen and oxygen atoms in total. The quantitative estimate of drug-likeness (QED) is 0.187. The second-order valence-electron chi connectivity index (χ2n) is 10.7. The minimum absolute atomic E-state index is 0.00148. The van der Waals surface area contributed by atoms with Gasteiger partial charge in [-0.1, -0.05) is 18.2 Å². The first-order valence-corrected chi connectivity index (χ1v) is 15.8. The van der Waals surface area contributed by atoms with Crippen molar-refractivity contribution in [2.45, 2.75) is 57.3 Å². The number of aliphatic hydroxyl groups excluding tert-OH is 1. The molecule has 2 aliphatic rings. The van der Waals surface area contributed by atoms with Gasteiger partial charge >= 0.3 is 25.3 Å². The zero-order valence-corrected chi connectivity index (χ0v) is 26.1. The van der Waals surface area contributed by atoms with Crippen LogP contribution >= 0.6 is 7.75 Å². The van der Waals surface area contributed by atoms with Crippen molar-refractivity contribution < 1.29 is 56.0 Å². The lowest BCUT2D eigenvalue weighted by molar-refractivity contribution is -0.149. The number of alkyl halides is 2. The maximum Gasteiger partial charge on any atom is 0.459 e. The van der Waals surface area contributed by atoms with Crippen molar-refractivity contribution in [1.82, 2.24) is 14.6 Å². The maximum atomic E-state index is 15.3. The van der Waals surface area contributed by atoms with Crippen LogP contribution in [-0.2, 0) is 23.4 Å². The summed E-state index contributed by atoms with van der Waals surface area (Å²) in [5, 5.41) is 15.3. The molecule has 0 bridgehead atoms. The number of esters is 1. The summed E-state index contributed by atoms with van der Waals surface area (Å²) >= 11 is 0. The molecule has 1 amide bonds. The Kier molecular flexibility index (Phi) is 9.93. The molecule has 0 radical (unpaired) electrons. The Bertz CT molecular complexity index is 1730. The number of hydrogen-bond donors (Lipinski definition) is 3. The fourth-order valence-electron chi connectivity index (χ4n) is 4.50. The Morgan fingerprint density at radius 1 is 1.13 bits per heavy atom. The van der Waals surface area contributed by atoms with Gasteiger partial charge in [-0.15, -0.1) is 0 Å². The standard InChI is InChI=1S/C29H31F2N4O11P/c1-16(2)44-26(38)17(3)34-47(40,46-19-7-5-4-6-8-19)43-14-22-24(36)29(30,31)27(45-22)35-12-11-23(33-28(35)39)32-25(37)18-9-10-20-21(13-18)42-15-41-20/h4-13,16-17,22,24,27,36H,14-15H2,1-3H3,(H,34,40)(H,32,33,37,39)/t17-,22+,24-,27+,47-/m0/s1. The van der Waals surface area contributed by atoms with Crippen LogP contribution in [0.5, 0.6) is 17.2 Å². The number of amides is 1. The highest BCUT2D eigenvalue weighted by molar-refractivity contribution is 7.52. The summed E-state index contributed by atoms with van der Waals surface area (Å²) in [6.07, 6.45) is -6.28. The first-order chi connectivity index (χ1) is 22.3. The lowest BCUT2D eigenvalue weighted by atomic mass is 10.1. The summed E-state index contributed by atoms with van der Waals surface area (Å²) in [5.74, 6) is -4.88. The van der Waals surface area contributed by atoms with E-state index in [0.717, 1.165) is 12.3 Å². The predicted molar refractivity (Wildman–Crippen MR) is 158 cm³/mol. The Morgan fingerprint density at radius 3 is 2.55 bits per heavy atom. The van der Waals surface area contributed by atoms with Crippen molar-refractivity contribution in [3.05, 3.63) is 76.8 Å². The SMILES string of the molecule is CC(C)OC(=O)[C@H](C)N[P@](=O)(OC[C@H]1O[C@@H](n2ccc(NC(=O)c3ccc4c(c3)OCO4)nc2=O)C(F)(F)[C@H]1O)Oc1ccccc1. The average molecular weight is 681 g/mol. The average Bonchev–Trinajstić information content (AvgIpc) is 3.57. The highest BCUT2D eigenvalue weighted by Gasteiger charge is 2.60. The van der Waals surface area contributed by atoms with Crippen LogP contribution in [-0.4, -0.2) is 70.2 Å². The molecule has 18 heteroatoms. The van der Waals surface area contributed by atoms with Gasteiger partial charge in [-0.25, -0.2) is 9.36 Å². The van der Waals surface area contributed by atoms with E-state index < -0.39 is 68.4 Å². The van der Waals surface area contributed by atoms with Gasteiger partial charge in [0.15, 0.2) is 17.6 Å². The molecule has 2 aromatic carbocycles. The van der Waals surface area contributed by atoms with Crippen LogP contribution < -0.4 is 30.1 Å².